The van der Waals surface area contributed by atoms with Crippen LogP contribution in [0.1, 0.15) is 11.5 Å². The number of nitrogens with zero attached hydrogens (tertiary/aromatic N) is 5. The normalized spacial score (nSPS) is 12.1. The molecule has 120 valence electrons. The number of imidazole rings is 1. The van der Waals surface area contributed by atoms with Gasteiger partial charge in [0.25, 0.3) is 0 Å². The average molecular weight is 358 g/mol. The second kappa shape index (κ2) is 6.51. The summed E-state index contributed by atoms with van der Waals surface area (Å²) in [6, 6.07) is 9.48. The van der Waals surface area contributed by atoms with E-state index >= 15 is 0 Å². The van der Waals surface area contributed by atoms with Crippen molar-refractivity contribution in [3.8, 4) is 6.07 Å². The van der Waals surface area contributed by atoms with E-state index in [9.17, 15) is 10.4 Å². The summed E-state index contributed by atoms with van der Waals surface area (Å²) in [5.74, 6) is 0.0233. The van der Waals surface area contributed by atoms with Crippen molar-refractivity contribution in [3.63, 3.8) is 0 Å². The van der Waals surface area contributed by atoms with E-state index in [0.29, 0.717) is 11.0 Å². The number of aliphatic hydroxyl groups excluding tert-OH is 1. The second-order valence-corrected chi connectivity index (χ2v) is 6.05. The van der Waals surface area contributed by atoms with Crippen molar-refractivity contribution >= 4 is 45.7 Å². The molecule has 0 bridgehead atoms. The van der Waals surface area contributed by atoms with Crippen molar-refractivity contribution in [2.45, 2.75) is 5.16 Å². The minimum absolute atomic E-state index is 0.00125. The Balaban J connectivity index is 2.25. The lowest BCUT2D eigenvalue weighted by molar-refractivity contribution is 0.509. The predicted octanol–water partition coefficient (Wildman–Crippen LogP) is 3.69. The summed E-state index contributed by atoms with van der Waals surface area (Å²) in [5, 5.41) is 20.8. The molecular formula is C16H12ClN5OS. The number of aliphatic hydroxyl groups is 1. The van der Waals surface area contributed by atoms with Crippen LogP contribution in [0.4, 0.5) is 0 Å². The fraction of sp³-hybridized carbons (Fsp3) is 0.125. The number of hydrogen-bond donors (Lipinski definition) is 1. The van der Waals surface area contributed by atoms with Crippen LogP contribution in [0.25, 0.3) is 22.4 Å². The number of benzene rings is 1. The van der Waals surface area contributed by atoms with E-state index in [-0.39, 0.29) is 22.0 Å². The molecule has 1 N–H and O–H groups in total. The smallest absolute Gasteiger partial charge is 0.188 e. The van der Waals surface area contributed by atoms with Crippen LogP contribution in [0.3, 0.4) is 0 Å². The van der Waals surface area contributed by atoms with Gasteiger partial charge in [0, 0.05) is 7.05 Å². The predicted molar refractivity (Wildman–Crippen MR) is 94.6 cm³/mol. The molecule has 0 saturated heterocycles. The van der Waals surface area contributed by atoms with Gasteiger partial charge in [-0.25, -0.2) is 15.0 Å². The second-order valence-electron chi connectivity index (χ2n) is 4.87. The highest BCUT2D eigenvalue weighted by Crippen LogP contribution is 2.29. The van der Waals surface area contributed by atoms with E-state index in [2.05, 4.69) is 15.0 Å². The molecule has 0 atom stereocenters. The number of aryl methyl sites for hydroxylation is 1. The van der Waals surface area contributed by atoms with Crippen molar-refractivity contribution in [1.82, 2.24) is 19.5 Å². The van der Waals surface area contributed by atoms with Crippen LogP contribution in [-0.2, 0) is 7.05 Å². The first-order chi connectivity index (χ1) is 11.6. The number of para-hydroxylation sites is 2. The summed E-state index contributed by atoms with van der Waals surface area (Å²) in [6.45, 7) is 0. The first-order valence-corrected chi connectivity index (χ1v) is 8.49. The molecule has 2 heterocycles. The summed E-state index contributed by atoms with van der Waals surface area (Å²) >= 11 is 7.40. The Morgan fingerprint density at radius 3 is 2.75 bits per heavy atom. The maximum Gasteiger partial charge on any atom is 0.188 e. The zero-order valence-electron chi connectivity index (χ0n) is 12.9. The molecule has 0 saturated carbocycles. The molecule has 0 fully saturated rings. The molecular weight excluding hydrogens is 346 g/mol. The summed E-state index contributed by atoms with van der Waals surface area (Å²) in [4.78, 5) is 12.7. The number of allylic oxidation sites excluding steroid dienone is 1. The summed E-state index contributed by atoms with van der Waals surface area (Å²) in [6.07, 6.45) is 3.21. The molecule has 0 radical (unpaired) electrons. The van der Waals surface area contributed by atoms with E-state index in [0.717, 1.165) is 11.0 Å². The summed E-state index contributed by atoms with van der Waals surface area (Å²) < 4.78 is 1.74. The number of hydrogen-bond acceptors (Lipinski definition) is 6. The number of nitriles is 1. The van der Waals surface area contributed by atoms with Gasteiger partial charge < -0.3 is 9.67 Å². The van der Waals surface area contributed by atoms with E-state index in [4.69, 9.17) is 11.6 Å². The highest BCUT2D eigenvalue weighted by Gasteiger charge is 2.20. The van der Waals surface area contributed by atoms with Crippen LogP contribution >= 0.6 is 23.4 Å². The first-order valence-electron chi connectivity index (χ1n) is 6.89. The molecule has 0 aliphatic rings. The van der Waals surface area contributed by atoms with Gasteiger partial charge in [-0.1, -0.05) is 35.5 Å². The third kappa shape index (κ3) is 2.70. The van der Waals surface area contributed by atoms with Gasteiger partial charge in [0.05, 0.1) is 22.3 Å². The molecule has 8 heteroatoms. The molecule has 3 aromatic rings. The Kier molecular flexibility index (Phi) is 4.42. The minimum atomic E-state index is -0.321. The third-order valence-corrected chi connectivity index (χ3v) is 4.33. The lowest BCUT2D eigenvalue weighted by Crippen LogP contribution is -2.02. The molecule has 0 aliphatic heterocycles. The van der Waals surface area contributed by atoms with Crippen molar-refractivity contribution in [2.24, 2.45) is 7.05 Å². The zero-order chi connectivity index (χ0) is 17.3. The SMILES string of the molecule is CSc1ncc(Cl)c(/C(O)=C(/C#N)c2nc3ccccc3n2C)n1. The van der Waals surface area contributed by atoms with Gasteiger partial charge in [0.2, 0.25) is 0 Å². The Bertz CT molecular complexity index is 1010. The molecule has 0 spiro atoms. The van der Waals surface area contributed by atoms with Gasteiger partial charge in [-0.2, -0.15) is 5.26 Å². The van der Waals surface area contributed by atoms with Gasteiger partial charge >= 0.3 is 0 Å². The van der Waals surface area contributed by atoms with Crippen molar-refractivity contribution in [3.05, 3.63) is 47.0 Å². The molecule has 2 aromatic heterocycles. The topological polar surface area (TPSA) is 87.6 Å². The maximum atomic E-state index is 10.6. The van der Waals surface area contributed by atoms with Crippen LogP contribution in [0, 0.1) is 11.3 Å². The molecule has 1 aromatic carbocycles. The molecule has 0 aliphatic carbocycles. The molecule has 6 nitrogen and oxygen atoms in total. The van der Waals surface area contributed by atoms with Crippen molar-refractivity contribution in [2.75, 3.05) is 6.26 Å². The van der Waals surface area contributed by atoms with Crippen molar-refractivity contribution in [1.29, 1.82) is 5.26 Å². The third-order valence-electron chi connectivity index (χ3n) is 3.49. The van der Waals surface area contributed by atoms with Crippen molar-refractivity contribution < 1.29 is 5.11 Å². The maximum absolute atomic E-state index is 10.6. The van der Waals surface area contributed by atoms with E-state index in [1.54, 1.807) is 11.6 Å². The lowest BCUT2D eigenvalue weighted by Gasteiger charge is -2.07. The van der Waals surface area contributed by atoms with Crippen LogP contribution < -0.4 is 0 Å². The quantitative estimate of drug-likeness (QED) is 0.333. The molecule has 0 amide bonds. The average Bonchev–Trinajstić information content (AvgIpc) is 2.93. The Hall–Kier alpha value is -2.56. The number of thioether (sulfide) groups is 1. The molecule has 24 heavy (non-hydrogen) atoms. The Morgan fingerprint density at radius 2 is 2.08 bits per heavy atom. The van der Waals surface area contributed by atoms with E-state index in [1.807, 2.05) is 36.6 Å². The molecule has 0 unspecified atom stereocenters. The summed E-state index contributed by atoms with van der Waals surface area (Å²) in [7, 11) is 1.78. The van der Waals surface area contributed by atoms with Gasteiger partial charge in [0.15, 0.2) is 16.7 Å². The standard InChI is InChI=1S/C16H12ClN5OS/c1-22-12-6-4-3-5-11(12)20-15(22)9(7-18)14(23)13-10(17)8-19-16(21-13)24-2/h3-6,8,23H,1-2H3/b14-9+. The Morgan fingerprint density at radius 1 is 1.33 bits per heavy atom. The number of halogens is 1. The van der Waals surface area contributed by atoms with Crippen LogP contribution in [0.5, 0.6) is 0 Å². The Labute approximate surface area is 147 Å². The highest BCUT2D eigenvalue weighted by molar-refractivity contribution is 7.98. The zero-order valence-corrected chi connectivity index (χ0v) is 14.4. The minimum Gasteiger partial charge on any atom is -0.504 e. The number of fused-ring (bicyclic) bond motifs is 1. The van der Waals surface area contributed by atoms with E-state index < -0.39 is 0 Å². The van der Waals surface area contributed by atoms with Gasteiger partial charge in [-0.05, 0) is 18.4 Å². The van der Waals surface area contributed by atoms with Crippen LogP contribution in [-0.4, -0.2) is 30.9 Å². The van der Waals surface area contributed by atoms with Gasteiger partial charge in [0.1, 0.15) is 17.3 Å². The van der Waals surface area contributed by atoms with Gasteiger partial charge in [-0.15, -0.1) is 0 Å². The summed E-state index contributed by atoms with van der Waals surface area (Å²) in [5.41, 5.74) is 1.70. The van der Waals surface area contributed by atoms with Gasteiger partial charge in [-0.3, -0.25) is 0 Å². The highest BCUT2D eigenvalue weighted by atomic mass is 35.5. The van der Waals surface area contributed by atoms with Crippen LogP contribution in [0.2, 0.25) is 5.02 Å². The van der Waals surface area contributed by atoms with E-state index in [1.165, 1.54) is 18.0 Å². The first kappa shape index (κ1) is 16.3. The fourth-order valence-corrected chi connectivity index (χ4v) is 2.83. The molecule has 3 rings (SSSR count). The number of aromatic nitrogens is 4. The monoisotopic (exact) mass is 357 g/mol. The lowest BCUT2D eigenvalue weighted by atomic mass is 10.2. The van der Waals surface area contributed by atoms with Crippen LogP contribution in [0.15, 0.2) is 35.6 Å². The number of rotatable bonds is 3. The fourth-order valence-electron chi connectivity index (χ4n) is 2.31. The largest absolute Gasteiger partial charge is 0.504 e.